The highest BCUT2D eigenvalue weighted by molar-refractivity contribution is 8.14. The van der Waals surface area contributed by atoms with Gasteiger partial charge in [0.2, 0.25) is 17.0 Å². The number of ether oxygens (including phenoxy) is 4. The van der Waals surface area contributed by atoms with Crippen LogP contribution in [0.15, 0.2) is 102 Å². The summed E-state index contributed by atoms with van der Waals surface area (Å²) in [5.74, 6) is 0.0104. The van der Waals surface area contributed by atoms with E-state index in [2.05, 4.69) is 13.2 Å². The van der Waals surface area contributed by atoms with E-state index in [0.717, 1.165) is 51.0 Å². The second-order valence-electron chi connectivity index (χ2n) is 8.26. The molecule has 0 aromatic heterocycles. The first kappa shape index (κ1) is 31.3. The quantitative estimate of drug-likeness (QED) is 0.0684. The third-order valence-electron chi connectivity index (χ3n) is 5.30. The first-order chi connectivity index (χ1) is 19.8. The van der Waals surface area contributed by atoms with Crippen LogP contribution in [0.2, 0.25) is 0 Å². The predicted molar refractivity (Wildman–Crippen MR) is 157 cm³/mol. The van der Waals surface area contributed by atoms with Crippen molar-refractivity contribution in [2.45, 2.75) is 23.1 Å². The van der Waals surface area contributed by atoms with E-state index >= 15 is 0 Å². The normalized spacial score (nSPS) is 10.3. The van der Waals surface area contributed by atoms with Gasteiger partial charge in [0, 0.05) is 39.5 Å². The molecule has 0 aliphatic rings. The van der Waals surface area contributed by atoms with Gasteiger partial charge in [-0.3, -0.25) is 9.59 Å². The maximum absolute atomic E-state index is 12.8. The van der Waals surface area contributed by atoms with Crippen molar-refractivity contribution in [3.63, 3.8) is 0 Å². The van der Waals surface area contributed by atoms with Crippen LogP contribution in [0.3, 0.4) is 0 Å². The molecule has 3 aromatic rings. The zero-order chi connectivity index (χ0) is 29.6. The largest absolute Gasteiger partial charge is 0.493 e. The molecule has 10 heteroatoms. The van der Waals surface area contributed by atoms with Gasteiger partial charge in [-0.05, 0) is 103 Å². The molecule has 8 nitrogen and oxygen atoms in total. The van der Waals surface area contributed by atoms with Crippen LogP contribution < -0.4 is 9.47 Å². The van der Waals surface area contributed by atoms with Gasteiger partial charge < -0.3 is 18.9 Å². The molecule has 0 bridgehead atoms. The van der Waals surface area contributed by atoms with Crippen molar-refractivity contribution < 1.29 is 38.1 Å². The second-order valence-corrected chi connectivity index (χ2v) is 10.3. The lowest BCUT2D eigenvalue weighted by atomic mass is 10.2. The Morgan fingerprint density at radius 3 is 1.85 bits per heavy atom. The number of hydrogen-bond donors (Lipinski definition) is 0. The highest BCUT2D eigenvalue weighted by Crippen LogP contribution is 2.31. The molecule has 3 aromatic carbocycles. The topological polar surface area (TPSA) is 105 Å². The minimum absolute atomic E-state index is 0.120. The van der Waals surface area contributed by atoms with Crippen LogP contribution in [0.4, 0.5) is 0 Å². The molecule has 0 amide bonds. The lowest BCUT2D eigenvalue weighted by molar-refractivity contribution is -0.144. The van der Waals surface area contributed by atoms with Crippen LogP contribution in [-0.2, 0) is 19.1 Å². The number of hydrogen-bond acceptors (Lipinski definition) is 10. The van der Waals surface area contributed by atoms with Crippen molar-refractivity contribution in [3.05, 3.63) is 109 Å². The van der Waals surface area contributed by atoms with E-state index in [-0.39, 0.29) is 23.6 Å². The van der Waals surface area contributed by atoms with Gasteiger partial charge in [0.05, 0.1) is 13.2 Å². The Balaban J connectivity index is 1.48. The lowest BCUT2D eigenvalue weighted by Gasteiger charge is -2.09. The summed E-state index contributed by atoms with van der Waals surface area (Å²) in [6.45, 7) is 8.88. The monoisotopic (exact) mass is 592 g/mol. The molecule has 0 fully saturated rings. The summed E-state index contributed by atoms with van der Waals surface area (Å²) in [4.78, 5) is 49.2. The highest BCUT2D eigenvalue weighted by Gasteiger charge is 2.13. The number of rotatable bonds is 14. The first-order valence-electron chi connectivity index (χ1n) is 12.4. The summed E-state index contributed by atoms with van der Waals surface area (Å²) in [5.41, 5.74) is 1.88. The van der Waals surface area contributed by atoms with E-state index in [1.807, 2.05) is 25.1 Å². The summed E-state index contributed by atoms with van der Waals surface area (Å²) in [6.07, 6.45) is 2.69. The van der Waals surface area contributed by atoms with Crippen molar-refractivity contribution in [1.82, 2.24) is 0 Å². The van der Waals surface area contributed by atoms with Gasteiger partial charge in [-0.1, -0.05) is 13.2 Å². The molecule has 0 spiro atoms. The van der Waals surface area contributed by atoms with Crippen molar-refractivity contribution in [2.75, 3.05) is 20.0 Å². The van der Waals surface area contributed by atoms with Crippen LogP contribution >= 0.6 is 23.5 Å². The van der Waals surface area contributed by atoms with E-state index in [0.29, 0.717) is 35.7 Å². The molecule has 0 saturated carbocycles. The molecule has 0 atom stereocenters. The Morgan fingerprint density at radius 1 is 0.707 bits per heavy atom. The molecule has 0 heterocycles. The first-order valence-corrected chi connectivity index (χ1v) is 14.0. The number of esters is 2. The minimum Gasteiger partial charge on any atom is -0.493 e. The molecular weight excluding hydrogens is 564 g/mol. The Bertz CT molecular complexity index is 1400. The van der Waals surface area contributed by atoms with E-state index in [9.17, 15) is 19.2 Å². The highest BCUT2D eigenvalue weighted by atomic mass is 32.2. The average Bonchev–Trinajstić information content (AvgIpc) is 2.98. The van der Waals surface area contributed by atoms with Crippen molar-refractivity contribution in [3.8, 4) is 11.5 Å². The summed E-state index contributed by atoms with van der Waals surface area (Å²) >= 11 is 2.19. The molecule has 3 rings (SSSR count). The number of carbonyl (C=O) groups excluding carboxylic acids is 4. The summed E-state index contributed by atoms with van der Waals surface area (Å²) in [5, 5.41) is -0.264. The fraction of sp³-hybridized carbons (Fsp3) is 0.161. The Hall–Kier alpha value is -4.28. The Labute approximate surface area is 246 Å². The maximum Gasteiger partial charge on any atom is 0.333 e. The van der Waals surface area contributed by atoms with Gasteiger partial charge in [-0.15, -0.1) is 0 Å². The minimum atomic E-state index is -0.587. The zero-order valence-electron chi connectivity index (χ0n) is 22.3. The van der Waals surface area contributed by atoms with Gasteiger partial charge in [0.15, 0.2) is 0 Å². The van der Waals surface area contributed by atoms with Crippen molar-refractivity contribution in [2.24, 2.45) is 0 Å². The van der Waals surface area contributed by atoms with Gasteiger partial charge in [0.25, 0.3) is 0 Å². The SMILES string of the molecule is C=CC(=O)OCCCOc1ccc(C(=O)Sc2ccc(SC(=O)c3ccc(OCOC(=O)C=C)cc3)c(C)c2)cc1. The zero-order valence-corrected chi connectivity index (χ0v) is 24.0. The van der Waals surface area contributed by atoms with Crippen LogP contribution in [-0.4, -0.2) is 42.2 Å². The molecular formula is C31H28O8S2. The second kappa shape index (κ2) is 16.1. The average molecular weight is 593 g/mol. The van der Waals surface area contributed by atoms with E-state index in [1.54, 1.807) is 48.5 Å². The summed E-state index contributed by atoms with van der Waals surface area (Å²) in [7, 11) is 0. The maximum atomic E-state index is 12.8. The lowest BCUT2D eigenvalue weighted by Crippen LogP contribution is -2.07. The fourth-order valence-corrected chi connectivity index (χ4v) is 4.84. The molecule has 0 radical (unpaired) electrons. The number of benzene rings is 3. The van der Waals surface area contributed by atoms with Crippen LogP contribution in [0.25, 0.3) is 0 Å². The molecule has 212 valence electrons. The standard InChI is InChI=1S/C31H28O8S2/c1-4-28(32)37-18-6-17-36-24-11-7-22(8-12-24)30(34)40-26-15-16-27(21(3)19-26)41-31(35)23-9-13-25(14-10-23)38-20-39-29(33)5-2/h4-5,7-16,19H,1-2,6,17-18,20H2,3H3. The number of carbonyl (C=O) groups is 4. The molecule has 0 aliphatic carbocycles. The van der Waals surface area contributed by atoms with Crippen molar-refractivity contribution in [1.29, 1.82) is 0 Å². The fourth-order valence-electron chi connectivity index (χ4n) is 3.19. The van der Waals surface area contributed by atoms with Crippen LogP contribution in [0, 0.1) is 6.92 Å². The van der Waals surface area contributed by atoms with E-state index in [1.165, 1.54) is 0 Å². The summed E-state index contributed by atoms with van der Waals surface area (Å²) in [6, 6.07) is 18.8. The van der Waals surface area contributed by atoms with Gasteiger partial charge in [-0.25, -0.2) is 9.59 Å². The summed E-state index contributed by atoms with van der Waals surface area (Å²) < 4.78 is 20.6. The third-order valence-corrected chi connectivity index (χ3v) is 7.31. The smallest absolute Gasteiger partial charge is 0.333 e. The molecule has 0 saturated heterocycles. The van der Waals surface area contributed by atoms with Crippen molar-refractivity contribution >= 4 is 45.7 Å². The van der Waals surface area contributed by atoms with Gasteiger partial charge in [0.1, 0.15) is 11.5 Å². The Morgan fingerprint density at radius 2 is 1.27 bits per heavy atom. The van der Waals surface area contributed by atoms with E-state index in [4.69, 9.17) is 18.9 Å². The molecule has 0 aliphatic heterocycles. The predicted octanol–water partition coefficient (Wildman–Crippen LogP) is 6.42. The van der Waals surface area contributed by atoms with E-state index < -0.39 is 11.9 Å². The number of aryl methyl sites for hydroxylation is 1. The van der Waals surface area contributed by atoms with Gasteiger partial charge in [-0.2, -0.15) is 0 Å². The molecule has 41 heavy (non-hydrogen) atoms. The Kier molecular flexibility index (Phi) is 12.3. The third kappa shape index (κ3) is 10.3. The van der Waals surface area contributed by atoms with Crippen LogP contribution in [0.5, 0.6) is 11.5 Å². The number of thioether (sulfide) groups is 2. The van der Waals surface area contributed by atoms with Crippen LogP contribution in [0.1, 0.15) is 32.7 Å². The van der Waals surface area contributed by atoms with Gasteiger partial charge >= 0.3 is 11.9 Å². The molecule has 0 N–H and O–H groups in total. The molecule has 0 unspecified atom stereocenters.